The molecule has 3 saturated heterocycles. The molecule has 12 rings (SSSR count). The number of carbonyl (C=O) groups excluding carboxylic acids is 4. The molecular weight excluding hydrogens is 1320 g/mol. The van der Waals surface area contributed by atoms with Gasteiger partial charge in [0.1, 0.15) is 11.2 Å². The van der Waals surface area contributed by atoms with Gasteiger partial charge in [-0.05, 0) is 77.9 Å². The number of anilines is 3. The first kappa shape index (κ1) is 77.8. The molecule has 484 valence electrons. The number of likely N-dealkylation sites (tertiary alicyclic amines) is 2. The number of nitrogen functional groups attached to an aromatic ring is 1. The molecule has 3 aliphatic heterocycles. The summed E-state index contributed by atoms with van der Waals surface area (Å²) in [5, 5.41) is 33.1. The zero-order valence-electron chi connectivity index (χ0n) is 50.2. The summed E-state index contributed by atoms with van der Waals surface area (Å²) in [5.74, 6) is -2.44. The fraction of sp³-hybridized carbons (Fsp3) is 0.328. The van der Waals surface area contributed by atoms with Gasteiger partial charge in [-0.15, -0.1) is 34.0 Å². The van der Waals surface area contributed by atoms with Crippen LogP contribution in [0, 0.1) is 17.8 Å². The van der Waals surface area contributed by atoms with E-state index in [1.807, 2.05) is 116 Å². The average Bonchev–Trinajstić information content (AvgIpc) is 1.94. The van der Waals surface area contributed by atoms with Gasteiger partial charge in [0.25, 0.3) is 0 Å². The maximum Gasteiger partial charge on any atom is 0.410 e. The van der Waals surface area contributed by atoms with Crippen LogP contribution >= 0.6 is 115 Å². The lowest BCUT2D eigenvalue weighted by atomic mass is 9.95. The number of aliphatic carboxylic acids is 1. The van der Waals surface area contributed by atoms with Gasteiger partial charge in [-0.1, -0.05) is 36.4 Å². The zero-order valence-corrected chi connectivity index (χ0v) is 58.7. The Labute approximate surface area is 577 Å². The molecule has 90 heavy (non-hydrogen) atoms. The van der Waals surface area contributed by atoms with Crippen molar-refractivity contribution in [3.63, 3.8) is 0 Å². The Morgan fingerprint density at radius 1 is 0.511 bits per heavy atom. The number of nitrogens with two attached hydrogens (primary N) is 1. The quantitative estimate of drug-likeness (QED) is 0.0885. The predicted molar refractivity (Wildman–Crippen MR) is 390 cm³/mol. The summed E-state index contributed by atoms with van der Waals surface area (Å²) in [5.41, 5.74) is 6.92. The van der Waals surface area contributed by atoms with Crippen LogP contribution < -0.4 is 21.7 Å². The van der Waals surface area contributed by atoms with E-state index in [4.69, 9.17) is 15.2 Å². The van der Waals surface area contributed by atoms with Gasteiger partial charge in [-0.25, -0.2) is 24.5 Å². The van der Waals surface area contributed by atoms with Crippen LogP contribution in [0.2, 0.25) is 0 Å². The number of nitrogens with one attached hydrogen (secondary N) is 3. The highest BCUT2D eigenvalue weighted by atomic mass is 32.1. The number of nitrogens with zero attached hydrogens (tertiary/aromatic N) is 8. The molecule has 20 nitrogen and oxygen atoms in total. The van der Waals surface area contributed by atoms with E-state index in [9.17, 15) is 29.1 Å². The summed E-state index contributed by atoms with van der Waals surface area (Å²) in [6.45, 7) is 13.5. The molecule has 6 atom stereocenters. The fourth-order valence-electron chi connectivity index (χ4n) is 10.1. The third kappa shape index (κ3) is 20.3. The molecule has 9 aromatic rings. The number of amides is 4. The van der Waals surface area contributed by atoms with Crippen molar-refractivity contribution in [3.8, 4) is 0 Å². The molecule has 3 aliphatic rings. The second kappa shape index (κ2) is 35.4. The van der Waals surface area contributed by atoms with Gasteiger partial charge in [0, 0.05) is 178 Å². The molecule has 6 aromatic heterocycles. The Morgan fingerprint density at radius 3 is 1.31 bits per heavy atom. The molecule has 29 heteroatoms. The minimum absolute atomic E-state index is 0. The Hall–Kier alpha value is -6.41. The summed E-state index contributed by atoms with van der Waals surface area (Å²) in [6, 6.07) is 23.1. The third-order valence-electron chi connectivity index (χ3n) is 14.0. The van der Waals surface area contributed by atoms with Crippen molar-refractivity contribution in [3.05, 3.63) is 160 Å². The first-order chi connectivity index (χ1) is 40.3. The molecule has 3 aromatic carbocycles. The zero-order chi connectivity index (χ0) is 59.5. The monoisotopic (exact) mass is 1390 g/mol. The lowest BCUT2D eigenvalue weighted by molar-refractivity contribution is -0.141. The number of hydrogen-bond donors (Lipinski definition) is 5. The maximum atomic E-state index is 13.3. The topological polar surface area (TPSA) is 270 Å². The van der Waals surface area contributed by atoms with Crippen LogP contribution in [-0.4, -0.2) is 125 Å². The van der Waals surface area contributed by atoms with Crippen molar-refractivity contribution >= 4 is 194 Å². The van der Waals surface area contributed by atoms with Crippen LogP contribution in [0.4, 0.5) is 26.7 Å². The molecule has 0 unspecified atom stereocenters. The number of pyridine rings is 3. The molecular formula is C61H78N12O8S9. The maximum absolute atomic E-state index is 13.3. The van der Waals surface area contributed by atoms with E-state index >= 15 is 0 Å². The molecule has 0 saturated carbocycles. The number of carboxylic acid groups (broad SMARTS) is 1. The summed E-state index contributed by atoms with van der Waals surface area (Å²) in [6.07, 6.45) is 14.9. The molecule has 6 N–H and O–H groups in total. The first-order valence-electron chi connectivity index (χ1n) is 27.2. The Bertz CT molecular complexity index is 3720. The number of carboxylic acids is 1. The molecule has 3 fully saturated rings. The largest absolute Gasteiger partial charge is 0.481 e. The number of fused-ring (bicyclic) bond motifs is 3. The van der Waals surface area contributed by atoms with E-state index in [1.165, 1.54) is 27.6 Å². The summed E-state index contributed by atoms with van der Waals surface area (Å²) in [4.78, 5) is 90.4. The number of benzene rings is 3. The lowest BCUT2D eigenvalue weighted by Gasteiger charge is -2.24. The Balaban J connectivity index is 0.000000320. The second-order valence-electron chi connectivity index (χ2n) is 22.2. The Morgan fingerprint density at radius 2 is 0.900 bits per heavy atom. The van der Waals surface area contributed by atoms with E-state index in [1.54, 1.807) is 86.6 Å². The van der Waals surface area contributed by atoms with Crippen molar-refractivity contribution in [2.24, 2.45) is 17.8 Å². The van der Waals surface area contributed by atoms with E-state index in [-0.39, 0.29) is 130 Å². The number of carbonyl (C=O) groups is 5. The fourth-order valence-corrected chi connectivity index (χ4v) is 12.5. The highest BCUT2D eigenvalue weighted by Crippen LogP contribution is 2.38. The van der Waals surface area contributed by atoms with Crippen molar-refractivity contribution in [1.82, 2.24) is 45.0 Å². The van der Waals surface area contributed by atoms with Crippen LogP contribution in [0.3, 0.4) is 0 Å². The normalized spacial score (nSPS) is 18.0. The van der Waals surface area contributed by atoms with Crippen molar-refractivity contribution < 1.29 is 38.6 Å². The number of rotatable bonds is 8. The van der Waals surface area contributed by atoms with Gasteiger partial charge in [-0.3, -0.25) is 29.3 Å². The molecule has 0 spiro atoms. The van der Waals surface area contributed by atoms with Gasteiger partial charge in [0.05, 0.1) is 32.8 Å². The molecule has 9 heterocycles. The van der Waals surface area contributed by atoms with Crippen LogP contribution in [-0.2, 0) is 23.9 Å². The minimum Gasteiger partial charge on any atom is -0.481 e. The summed E-state index contributed by atoms with van der Waals surface area (Å²) < 4.78 is 10.8. The van der Waals surface area contributed by atoms with Gasteiger partial charge < -0.3 is 46.1 Å². The molecule has 0 aliphatic carbocycles. The standard InChI is InChI=1S/C22H24N4O3S.C17H16N4OS.C13H18N2O4S.C9H8N2.6H2S/c1-22(2,3)29-21(28)26-12-16(17(13-26)20-24-9-10-30-20)19(27)25-18-6-4-5-14-11-23-8-7-15(14)18;22-16(13-9-19-10-14(13)17-20-6-7-23-17)21-15-3-1-2-11-8-18-5-4-12(11)15;1-13(2,3)19-12(18)15-6-8(9(7-15)11(16)17)10-14-4-5-20-10;10-9-3-1-2-7-6-11-5-4-8(7)9;;;;;;/h4-11,16-17H,12-13H2,1-3H3,(H,25,27);1-8,13-14,19H,9-10H2,(H,21,22);4-5,8-9H,6-7H2,1-3H3,(H,16,17);1-6H,10H2;6*1H2/t16-,17-;13-,14-;8-,9-;;;;;;;/m111......./s1. The lowest BCUT2D eigenvalue weighted by Crippen LogP contribution is -2.36. The molecule has 0 radical (unpaired) electrons. The van der Waals surface area contributed by atoms with Crippen LogP contribution in [0.25, 0.3) is 32.3 Å². The van der Waals surface area contributed by atoms with E-state index in [0.717, 1.165) is 70.9 Å². The SMILES string of the molecule is CC(C)(C)OC(=O)N1C[C@@H](C(=O)Nc2cccc3cnccc23)[C@H](c2nccs2)C1.CC(C)(C)OC(=O)N1C[C@@H](C(=O)O)[C@H](c2nccs2)C1.Nc1cccc2cnccc12.O=C(Nc1cccc2cnccc12)[C@@H]1CNC[C@H]1c1nccs1.S.S.S.S.S.S. The first-order valence-corrected chi connectivity index (χ1v) is 29.9. The van der Waals surface area contributed by atoms with Gasteiger partial charge >= 0.3 is 18.2 Å². The summed E-state index contributed by atoms with van der Waals surface area (Å²) in [7, 11) is 0. The van der Waals surface area contributed by atoms with Crippen LogP contribution in [0.5, 0.6) is 0 Å². The van der Waals surface area contributed by atoms with E-state index in [2.05, 4.69) is 45.9 Å². The van der Waals surface area contributed by atoms with Crippen molar-refractivity contribution in [1.29, 1.82) is 0 Å². The third-order valence-corrected chi connectivity index (χ3v) is 16.8. The van der Waals surface area contributed by atoms with Crippen LogP contribution in [0.1, 0.15) is 74.3 Å². The number of hydrogen-bond acceptors (Lipinski definition) is 18. The van der Waals surface area contributed by atoms with Gasteiger partial charge in [-0.2, -0.15) is 81.0 Å². The number of aromatic nitrogens is 6. The molecule has 4 amide bonds. The van der Waals surface area contributed by atoms with Gasteiger partial charge in [0.15, 0.2) is 0 Å². The average molecular weight is 1400 g/mol. The second-order valence-corrected chi connectivity index (χ2v) is 25.0. The Kier molecular flexibility index (Phi) is 30.6. The number of ether oxygens (including phenoxy) is 2. The molecule has 0 bridgehead atoms. The minimum atomic E-state index is -0.906. The highest BCUT2D eigenvalue weighted by Gasteiger charge is 2.44. The van der Waals surface area contributed by atoms with E-state index in [0.29, 0.717) is 19.6 Å². The smallest absolute Gasteiger partial charge is 0.410 e. The van der Waals surface area contributed by atoms with Crippen molar-refractivity contribution in [2.45, 2.75) is 70.5 Å². The number of thiazole rings is 3. The predicted octanol–water partition coefficient (Wildman–Crippen LogP) is 11.6. The van der Waals surface area contributed by atoms with Crippen molar-refractivity contribution in [2.75, 3.05) is 55.6 Å². The van der Waals surface area contributed by atoms with Gasteiger partial charge in [0.2, 0.25) is 11.8 Å². The summed E-state index contributed by atoms with van der Waals surface area (Å²) >= 11 is 4.52. The van der Waals surface area contributed by atoms with Crippen LogP contribution in [0.15, 0.2) is 145 Å². The van der Waals surface area contributed by atoms with E-state index < -0.39 is 41.2 Å². The highest BCUT2D eigenvalue weighted by molar-refractivity contribution is 7.60.